The largest absolute Gasteiger partial charge is 0.356 e. The Morgan fingerprint density at radius 2 is 2.43 bits per heavy atom. The molecule has 0 aliphatic carbocycles. The second kappa shape index (κ2) is 5.28. The molecule has 14 heavy (non-hydrogen) atoms. The van der Waals surface area contributed by atoms with Gasteiger partial charge >= 0.3 is 0 Å². The molecule has 0 radical (unpaired) electrons. The maximum atomic E-state index is 8.68. The first-order valence-corrected chi connectivity index (χ1v) is 5.04. The minimum atomic E-state index is 0.188. The van der Waals surface area contributed by atoms with Gasteiger partial charge in [-0.05, 0) is 6.42 Å². The van der Waals surface area contributed by atoms with E-state index in [-0.39, 0.29) is 5.92 Å². The van der Waals surface area contributed by atoms with E-state index in [2.05, 4.69) is 21.2 Å². The van der Waals surface area contributed by atoms with Crippen molar-refractivity contribution in [1.82, 2.24) is 10.2 Å². The van der Waals surface area contributed by atoms with Crippen LogP contribution in [0.5, 0.6) is 0 Å². The van der Waals surface area contributed by atoms with Crippen LogP contribution in [0.25, 0.3) is 0 Å². The predicted molar refractivity (Wildman–Crippen MR) is 55.9 cm³/mol. The minimum absolute atomic E-state index is 0.188. The van der Waals surface area contributed by atoms with E-state index < -0.39 is 0 Å². The van der Waals surface area contributed by atoms with E-state index in [9.17, 15) is 0 Å². The lowest BCUT2D eigenvalue weighted by Crippen LogP contribution is -2.19. The molecule has 4 heteroatoms. The van der Waals surface area contributed by atoms with Crippen molar-refractivity contribution in [1.29, 1.82) is 5.26 Å². The van der Waals surface area contributed by atoms with E-state index in [0.717, 1.165) is 25.3 Å². The second-order valence-corrected chi connectivity index (χ2v) is 3.00. The third-order valence-electron chi connectivity index (χ3n) is 2.20. The Hall–Kier alpha value is -1.50. The molecular weight excluding hydrogens is 176 g/mol. The van der Waals surface area contributed by atoms with Crippen LogP contribution in [0.3, 0.4) is 0 Å². The molecule has 4 nitrogen and oxygen atoms in total. The van der Waals surface area contributed by atoms with Gasteiger partial charge in [-0.1, -0.05) is 13.8 Å². The van der Waals surface area contributed by atoms with Crippen LogP contribution >= 0.6 is 0 Å². The fraction of sp³-hybridized carbons (Fsp3) is 0.600. The van der Waals surface area contributed by atoms with Gasteiger partial charge in [-0.3, -0.25) is 5.10 Å². The highest BCUT2D eigenvalue weighted by Crippen LogP contribution is 2.20. The zero-order valence-electron chi connectivity index (χ0n) is 8.70. The van der Waals surface area contributed by atoms with Crippen LogP contribution in [0.2, 0.25) is 0 Å². The lowest BCUT2D eigenvalue weighted by molar-refractivity contribution is 0.754. The summed E-state index contributed by atoms with van der Waals surface area (Å²) in [5.41, 5.74) is 0. The van der Waals surface area contributed by atoms with Gasteiger partial charge in [-0.2, -0.15) is 10.4 Å². The van der Waals surface area contributed by atoms with E-state index in [4.69, 9.17) is 5.26 Å². The Kier molecular flexibility index (Phi) is 3.99. The van der Waals surface area contributed by atoms with Gasteiger partial charge in [-0.25, -0.2) is 0 Å². The van der Waals surface area contributed by atoms with E-state index in [1.807, 2.05) is 19.9 Å². The van der Waals surface area contributed by atoms with Crippen molar-refractivity contribution in [3.63, 3.8) is 0 Å². The van der Waals surface area contributed by atoms with Crippen molar-refractivity contribution in [3.05, 3.63) is 12.3 Å². The van der Waals surface area contributed by atoms with Crippen LogP contribution in [0.4, 0.5) is 5.82 Å². The van der Waals surface area contributed by atoms with Gasteiger partial charge in [0.1, 0.15) is 5.82 Å². The minimum Gasteiger partial charge on any atom is -0.356 e. The van der Waals surface area contributed by atoms with Gasteiger partial charge in [-0.15, -0.1) is 0 Å². The van der Waals surface area contributed by atoms with E-state index in [1.54, 1.807) is 6.20 Å². The number of rotatable bonds is 1. The first kappa shape index (κ1) is 10.6. The van der Waals surface area contributed by atoms with Gasteiger partial charge in [0.2, 0.25) is 0 Å². The number of nitrogens with one attached hydrogen (secondary N) is 1. The fourth-order valence-corrected chi connectivity index (χ4v) is 1.51. The van der Waals surface area contributed by atoms with Crippen molar-refractivity contribution >= 4 is 5.82 Å². The molecule has 1 aliphatic rings. The lowest BCUT2D eigenvalue weighted by Gasteiger charge is -2.13. The maximum Gasteiger partial charge on any atom is 0.123 e. The molecule has 1 fully saturated rings. The molecule has 1 atom stereocenters. The van der Waals surface area contributed by atoms with E-state index >= 15 is 0 Å². The zero-order valence-corrected chi connectivity index (χ0v) is 8.70. The van der Waals surface area contributed by atoms with E-state index in [0.29, 0.717) is 0 Å². The van der Waals surface area contributed by atoms with Crippen LogP contribution < -0.4 is 4.90 Å². The topological polar surface area (TPSA) is 55.7 Å². The van der Waals surface area contributed by atoms with Crippen LogP contribution in [-0.2, 0) is 0 Å². The van der Waals surface area contributed by atoms with Crippen LogP contribution in [-0.4, -0.2) is 23.3 Å². The Morgan fingerprint density at radius 1 is 1.64 bits per heavy atom. The SMILES string of the molecule is CC.N#CC1CCN(c2ccn[nH]2)C1. The van der Waals surface area contributed by atoms with Gasteiger partial charge < -0.3 is 4.90 Å². The van der Waals surface area contributed by atoms with Crippen LogP contribution in [0.1, 0.15) is 20.3 Å². The Balaban J connectivity index is 0.000000461. The number of aromatic amines is 1. The molecule has 1 N–H and O–H groups in total. The van der Waals surface area contributed by atoms with Gasteiger partial charge in [0.15, 0.2) is 0 Å². The summed E-state index contributed by atoms with van der Waals surface area (Å²) in [6.07, 6.45) is 2.70. The quantitative estimate of drug-likeness (QED) is 0.738. The number of H-pyrrole nitrogens is 1. The summed E-state index contributed by atoms with van der Waals surface area (Å²) in [5, 5.41) is 15.4. The molecule has 0 bridgehead atoms. The van der Waals surface area contributed by atoms with Crippen LogP contribution in [0, 0.1) is 17.2 Å². The Labute approximate surface area is 84.5 Å². The van der Waals surface area contributed by atoms with Crippen molar-refractivity contribution in [2.75, 3.05) is 18.0 Å². The average molecular weight is 192 g/mol. The van der Waals surface area contributed by atoms with Crippen molar-refractivity contribution in [2.24, 2.45) is 5.92 Å². The smallest absolute Gasteiger partial charge is 0.123 e. The molecule has 1 aromatic rings. The lowest BCUT2D eigenvalue weighted by atomic mass is 10.1. The first-order valence-electron chi connectivity index (χ1n) is 5.04. The molecule has 1 aromatic heterocycles. The molecular formula is C10H16N4. The van der Waals surface area contributed by atoms with Crippen molar-refractivity contribution in [2.45, 2.75) is 20.3 Å². The molecule has 1 unspecified atom stereocenters. The average Bonchev–Trinajstić information content (AvgIpc) is 2.91. The molecule has 2 heterocycles. The molecule has 76 valence electrons. The summed E-state index contributed by atoms with van der Waals surface area (Å²) in [6, 6.07) is 4.21. The molecule has 2 rings (SSSR count). The number of anilines is 1. The number of hydrogen-bond donors (Lipinski definition) is 1. The van der Waals surface area contributed by atoms with Gasteiger partial charge in [0.25, 0.3) is 0 Å². The van der Waals surface area contributed by atoms with E-state index in [1.165, 1.54) is 0 Å². The monoisotopic (exact) mass is 192 g/mol. The molecule has 1 aliphatic heterocycles. The highest BCUT2D eigenvalue weighted by atomic mass is 15.3. The highest BCUT2D eigenvalue weighted by molar-refractivity contribution is 5.38. The third-order valence-corrected chi connectivity index (χ3v) is 2.20. The third kappa shape index (κ3) is 2.25. The summed E-state index contributed by atoms with van der Waals surface area (Å²) in [5.74, 6) is 1.21. The maximum absolute atomic E-state index is 8.68. The molecule has 0 spiro atoms. The van der Waals surface area contributed by atoms with Gasteiger partial charge in [0, 0.05) is 19.2 Å². The second-order valence-electron chi connectivity index (χ2n) is 3.00. The predicted octanol–water partition coefficient (Wildman–Crippen LogP) is 1.79. The summed E-state index contributed by atoms with van der Waals surface area (Å²) >= 11 is 0. The molecule has 0 saturated carbocycles. The van der Waals surface area contributed by atoms with Crippen molar-refractivity contribution < 1.29 is 0 Å². The summed E-state index contributed by atoms with van der Waals surface area (Å²) in [6.45, 7) is 5.79. The first-order chi connectivity index (χ1) is 6.90. The summed E-state index contributed by atoms with van der Waals surface area (Å²) in [4.78, 5) is 2.15. The summed E-state index contributed by atoms with van der Waals surface area (Å²) in [7, 11) is 0. The normalized spacial score (nSPS) is 19.8. The Morgan fingerprint density at radius 3 is 2.93 bits per heavy atom. The zero-order chi connectivity index (χ0) is 10.4. The standard InChI is InChI=1S/C8H10N4.C2H6/c9-5-7-2-4-12(6-7)8-1-3-10-11-8;1-2/h1,3,7H,2,4,6H2,(H,10,11);1-2H3. The molecule has 1 saturated heterocycles. The van der Waals surface area contributed by atoms with Crippen molar-refractivity contribution in [3.8, 4) is 6.07 Å². The number of nitrogens with zero attached hydrogens (tertiary/aromatic N) is 3. The number of hydrogen-bond acceptors (Lipinski definition) is 3. The fourth-order valence-electron chi connectivity index (χ4n) is 1.51. The number of nitriles is 1. The summed E-state index contributed by atoms with van der Waals surface area (Å²) < 4.78 is 0. The Bertz CT molecular complexity index is 286. The highest BCUT2D eigenvalue weighted by Gasteiger charge is 2.22. The van der Waals surface area contributed by atoms with Crippen LogP contribution in [0.15, 0.2) is 12.3 Å². The number of aromatic nitrogens is 2. The molecule has 0 aromatic carbocycles. The van der Waals surface area contributed by atoms with Gasteiger partial charge in [0.05, 0.1) is 18.2 Å². The molecule has 0 amide bonds.